The molecule has 9 rings (SSSR count). The minimum Gasteiger partial charge on any atom is -0.337 e. The van der Waals surface area contributed by atoms with Gasteiger partial charge < -0.3 is 9.13 Å². The van der Waals surface area contributed by atoms with Crippen LogP contribution in [-0.4, -0.2) is 9.13 Å². The van der Waals surface area contributed by atoms with Crippen LogP contribution in [0.15, 0.2) is 121 Å². The number of rotatable bonds is 5. The lowest BCUT2D eigenvalue weighted by molar-refractivity contribution is 0.775. The molecule has 2 aromatic heterocycles. The lowest BCUT2D eigenvalue weighted by Crippen LogP contribution is -2.09. The zero-order chi connectivity index (χ0) is 32.9. The highest BCUT2D eigenvalue weighted by Gasteiger charge is 2.25. The third-order valence-corrected chi connectivity index (χ3v) is 10.7. The van der Waals surface area contributed by atoms with Crippen molar-refractivity contribution < 1.29 is 0 Å². The van der Waals surface area contributed by atoms with E-state index in [0.717, 1.165) is 59.1 Å². The number of allylic oxidation sites excluding steroid dienone is 6. The zero-order valence-corrected chi connectivity index (χ0v) is 27.2. The number of para-hydroxylation sites is 2. The van der Waals surface area contributed by atoms with E-state index < -0.39 is 0 Å². The SMILES string of the molecule is N#CC1=C(n2c3ccccc3c3ccccc32)CC(c2ccc(-c3c(C#N)cccc3Cn3c4c(c5c3C=CCC5)CCC=C4)cc2)C=C1. The Bertz CT molecular complexity index is 2420. The second kappa shape index (κ2) is 11.9. The van der Waals surface area contributed by atoms with Crippen LogP contribution in [0.2, 0.25) is 0 Å². The quantitative estimate of drug-likeness (QED) is 0.190. The first-order chi connectivity index (χ1) is 24.2. The number of hydrogen-bond acceptors (Lipinski definition) is 2. The molecule has 234 valence electrons. The molecule has 0 fully saturated rings. The van der Waals surface area contributed by atoms with Crippen molar-refractivity contribution in [3.8, 4) is 23.3 Å². The van der Waals surface area contributed by atoms with Gasteiger partial charge in [0.1, 0.15) is 6.07 Å². The molecule has 6 aromatic rings. The average Bonchev–Trinajstić information content (AvgIpc) is 3.67. The van der Waals surface area contributed by atoms with E-state index in [2.05, 4.69) is 131 Å². The molecule has 0 radical (unpaired) electrons. The van der Waals surface area contributed by atoms with Crippen LogP contribution in [0.4, 0.5) is 0 Å². The molecule has 4 nitrogen and oxygen atoms in total. The van der Waals surface area contributed by atoms with E-state index in [1.807, 2.05) is 18.2 Å². The summed E-state index contributed by atoms with van der Waals surface area (Å²) < 4.78 is 4.75. The normalized spacial score (nSPS) is 16.5. The van der Waals surface area contributed by atoms with Gasteiger partial charge in [0.15, 0.2) is 0 Å². The number of nitrogens with zero attached hydrogens (tertiary/aromatic N) is 4. The third-order valence-electron chi connectivity index (χ3n) is 10.7. The first kappa shape index (κ1) is 29.1. The largest absolute Gasteiger partial charge is 0.337 e. The number of hydrogen-bond donors (Lipinski definition) is 0. The highest BCUT2D eigenvalue weighted by Crippen LogP contribution is 2.41. The van der Waals surface area contributed by atoms with Crippen LogP contribution < -0.4 is 0 Å². The molecular weight excluding hydrogens is 597 g/mol. The maximum Gasteiger partial charge on any atom is 0.101 e. The van der Waals surface area contributed by atoms with Crippen LogP contribution in [0.25, 0.3) is 50.8 Å². The van der Waals surface area contributed by atoms with Gasteiger partial charge in [0, 0.05) is 45.9 Å². The van der Waals surface area contributed by atoms with E-state index >= 15 is 0 Å². The minimum atomic E-state index is 0.114. The van der Waals surface area contributed by atoms with Crippen LogP contribution in [-0.2, 0) is 19.4 Å². The summed E-state index contributed by atoms with van der Waals surface area (Å²) in [5.41, 5.74) is 14.7. The molecule has 4 aromatic carbocycles. The Hall–Kier alpha value is -6.10. The molecule has 0 aliphatic heterocycles. The van der Waals surface area contributed by atoms with Gasteiger partial charge in [-0.3, -0.25) is 0 Å². The predicted octanol–water partition coefficient (Wildman–Crippen LogP) is 10.6. The Morgan fingerprint density at radius 3 is 1.96 bits per heavy atom. The lowest BCUT2D eigenvalue weighted by atomic mass is 9.86. The van der Waals surface area contributed by atoms with Crippen LogP contribution in [0, 0.1) is 22.7 Å². The van der Waals surface area contributed by atoms with Gasteiger partial charge in [-0.15, -0.1) is 0 Å². The van der Waals surface area contributed by atoms with Gasteiger partial charge >= 0.3 is 0 Å². The Morgan fingerprint density at radius 2 is 1.33 bits per heavy atom. The van der Waals surface area contributed by atoms with Crippen molar-refractivity contribution in [3.05, 3.63) is 160 Å². The summed E-state index contributed by atoms with van der Waals surface area (Å²) >= 11 is 0. The maximum absolute atomic E-state index is 10.3. The van der Waals surface area contributed by atoms with E-state index in [9.17, 15) is 10.5 Å². The molecule has 49 heavy (non-hydrogen) atoms. The first-order valence-electron chi connectivity index (χ1n) is 17.2. The van der Waals surface area contributed by atoms with Gasteiger partial charge in [-0.05, 0) is 96.3 Å². The second-order valence-electron chi connectivity index (χ2n) is 13.3. The van der Waals surface area contributed by atoms with Crippen LogP contribution in [0.3, 0.4) is 0 Å². The van der Waals surface area contributed by atoms with Gasteiger partial charge in [0.25, 0.3) is 0 Å². The summed E-state index contributed by atoms with van der Waals surface area (Å²) in [7, 11) is 0. The molecule has 0 saturated carbocycles. The second-order valence-corrected chi connectivity index (χ2v) is 13.3. The zero-order valence-electron chi connectivity index (χ0n) is 27.2. The number of nitriles is 2. The van der Waals surface area contributed by atoms with Crippen molar-refractivity contribution >= 4 is 39.7 Å². The molecule has 0 N–H and O–H groups in total. The smallest absolute Gasteiger partial charge is 0.101 e. The average molecular weight is 631 g/mol. The van der Waals surface area contributed by atoms with E-state index in [0.29, 0.717) is 24.1 Å². The summed E-state index contributed by atoms with van der Waals surface area (Å²) in [5, 5.41) is 22.9. The summed E-state index contributed by atoms with van der Waals surface area (Å²) in [6.07, 6.45) is 18.4. The first-order valence-corrected chi connectivity index (χ1v) is 17.2. The van der Waals surface area contributed by atoms with Crippen molar-refractivity contribution in [1.29, 1.82) is 10.5 Å². The molecule has 2 heterocycles. The number of benzene rings is 4. The van der Waals surface area contributed by atoms with Gasteiger partial charge in [-0.1, -0.05) is 91.0 Å². The maximum atomic E-state index is 10.3. The van der Waals surface area contributed by atoms with Gasteiger partial charge in [-0.2, -0.15) is 10.5 Å². The van der Waals surface area contributed by atoms with Crippen LogP contribution in [0.1, 0.15) is 64.4 Å². The highest BCUT2D eigenvalue weighted by molar-refractivity contribution is 6.10. The van der Waals surface area contributed by atoms with Gasteiger partial charge in [0.05, 0.1) is 28.2 Å². The van der Waals surface area contributed by atoms with Crippen molar-refractivity contribution in [2.75, 3.05) is 0 Å². The summed E-state index contributed by atoms with van der Waals surface area (Å²) in [5.74, 6) is 0.114. The molecule has 1 unspecified atom stereocenters. The summed E-state index contributed by atoms with van der Waals surface area (Å²) in [4.78, 5) is 0. The molecule has 3 aliphatic rings. The Kier molecular flexibility index (Phi) is 7.03. The molecule has 0 spiro atoms. The highest BCUT2D eigenvalue weighted by atomic mass is 15.0. The Labute approximate surface area is 286 Å². The van der Waals surface area contributed by atoms with Crippen LogP contribution in [0.5, 0.6) is 0 Å². The fourth-order valence-electron chi connectivity index (χ4n) is 8.40. The van der Waals surface area contributed by atoms with E-state index in [4.69, 9.17) is 0 Å². The van der Waals surface area contributed by atoms with Crippen molar-refractivity contribution in [3.63, 3.8) is 0 Å². The molecule has 1 atom stereocenters. The van der Waals surface area contributed by atoms with Crippen LogP contribution >= 0.6 is 0 Å². The summed E-state index contributed by atoms with van der Waals surface area (Å²) in [6, 6.07) is 36.8. The molecule has 0 saturated heterocycles. The van der Waals surface area contributed by atoms with E-state index in [1.54, 1.807) is 0 Å². The van der Waals surface area contributed by atoms with Gasteiger partial charge in [0.2, 0.25) is 0 Å². The monoisotopic (exact) mass is 630 g/mol. The lowest BCUT2D eigenvalue weighted by Gasteiger charge is -2.23. The molecule has 0 amide bonds. The molecule has 0 bridgehead atoms. The van der Waals surface area contributed by atoms with E-state index in [-0.39, 0.29) is 5.92 Å². The number of fused-ring (bicyclic) bond motifs is 6. The topological polar surface area (TPSA) is 57.4 Å². The fraction of sp³-hybridized carbons (Fsp3) is 0.156. The molecule has 4 heteroatoms. The van der Waals surface area contributed by atoms with Crippen molar-refractivity contribution in [2.45, 2.75) is 44.6 Å². The Morgan fingerprint density at radius 1 is 0.673 bits per heavy atom. The number of aromatic nitrogens is 2. The predicted molar refractivity (Wildman–Crippen MR) is 200 cm³/mol. The standard InChI is InChI=1S/C45H34N4/c46-27-33-25-24-32(26-44(33)49-42-18-7-3-14-38(42)39-15-4-8-19-43(39)49)30-20-22-31(23-21-30)45-34(28-47)10-9-11-35(45)29-48-40-16-5-1-12-36(40)37-13-2-6-17-41(37)48/h3-11,14-25,32H,1-2,12-13,26,29H2. The fourth-order valence-corrected chi connectivity index (χ4v) is 8.40. The molecule has 3 aliphatic carbocycles. The van der Waals surface area contributed by atoms with Crippen molar-refractivity contribution in [2.24, 2.45) is 0 Å². The molecular formula is C45H34N4. The third kappa shape index (κ3) is 4.72. The Balaban J connectivity index is 1.08. The minimum absolute atomic E-state index is 0.114. The van der Waals surface area contributed by atoms with Crippen molar-refractivity contribution in [1.82, 2.24) is 9.13 Å². The van der Waals surface area contributed by atoms with E-state index in [1.165, 1.54) is 38.9 Å². The van der Waals surface area contributed by atoms with Gasteiger partial charge in [-0.25, -0.2) is 0 Å². The summed E-state index contributed by atoms with van der Waals surface area (Å²) in [6.45, 7) is 0.716.